The molecule has 3 heterocycles. The molecule has 1 aromatic rings. The van der Waals surface area contributed by atoms with Gasteiger partial charge >= 0.3 is 0 Å². The number of carbonyl (C=O) groups excluding carboxylic acids is 1. The molecule has 1 aromatic heterocycles. The number of likely N-dealkylation sites (tertiary alicyclic amines) is 1. The number of amides is 1. The smallest absolute Gasteiger partial charge is 0.222 e. The minimum Gasteiger partial charge on any atom is -0.369 e. The number of hydrogen-bond acceptors (Lipinski definition) is 4. The highest BCUT2D eigenvalue weighted by molar-refractivity contribution is 8.00. The van der Waals surface area contributed by atoms with Gasteiger partial charge in [0.05, 0.1) is 10.9 Å². The van der Waals surface area contributed by atoms with Crippen LogP contribution in [0.2, 0.25) is 0 Å². The number of thioether (sulfide) groups is 1. The summed E-state index contributed by atoms with van der Waals surface area (Å²) in [5, 5.41) is 1.52. The van der Waals surface area contributed by atoms with Crippen LogP contribution in [-0.2, 0) is 11.2 Å². The topological polar surface area (TPSA) is 59.2 Å². The fourth-order valence-electron chi connectivity index (χ4n) is 3.10. The molecular formula is C13H17N3OS. The van der Waals surface area contributed by atoms with Crippen molar-refractivity contribution in [3.8, 4) is 0 Å². The summed E-state index contributed by atoms with van der Waals surface area (Å²) in [6, 6.07) is 4.36. The zero-order chi connectivity index (χ0) is 12.7. The van der Waals surface area contributed by atoms with Crippen LogP contribution in [0, 0.1) is 5.92 Å². The van der Waals surface area contributed by atoms with Gasteiger partial charge in [0.2, 0.25) is 5.91 Å². The summed E-state index contributed by atoms with van der Waals surface area (Å²) in [6.07, 6.45) is 3.71. The van der Waals surface area contributed by atoms with Crippen LogP contribution in [0.3, 0.4) is 0 Å². The van der Waals surface area contributed by atoms with E-state index in [-0.39, 0.29) is 17.9 Å². The first-order chi connectivity index (χ1) is 8.66. The predicted octanol–water partition coefficient (Wildman–Crippen LogP) is 0.904. The van der Waals surface area contributed by atoms with Gasteiger partial charge in [-0.15, -0.1) is 11.8 Å². The third-order valence-corrected chi connectivity index (χ3v) is 5.33. The van der Waals surface area contributed by atoms with Gasteiger partial charge in [0.15, 0.2) is 0 Å². The van der Waals surface area contributed by atoms with Gasteiger partial charge in [-0.1, -0.05) is 6.07 Å². The number of carbonyl (C=O) groups is 1. The quantitative estimate of drug-likeness (QED) is 0.861. The van der Waals surface area contributed by atoms with Crippen molar-refractivity contribution in [2.75, 3.05) is 13.6 Å². The molecule has 96 valence electrons. The lowest BCUT2D eigenvalue weighted by Crippen LogP contribution is -2.43. The highest BCUT2D eigenvalue weighted by Crippen LogP contribution is 2.42. The number of hydrogen-bond donors (Lipinski definition) is 1. The fraction of sp³-hybridized carbons (Fsp3) is 0.538. The molecule has 0 radical (unpaired) electrons. The van der Waals surface area contributed by atoms with Crippen molar-refractivity contribution in [3.63, 3.8) is 0 Å². The molecule has 5 heteroatoms. The number of primary amides is 1. The van der Waals surface area contributed by atoms with Crippen LogP contribution in [-0.4, -0.2) is 40.7 Å². The summed E-state index contributed by atoms with van der Waals surface area (Å²) in [4.78, 5) is 18.2. The van der Waals surface area contributed by atoms with E-state index in [0.29, 0.717) is 5.25 Å². The largest absolute Gasteiger partial charge is 0.369 e. The molecule has 1 fully saturated rings. The van der Waals surface area contributed by atoms with Crippen molar-refractivity contribution >= 4 is 17.7 Å². The predicted molar refractivity (Wildman–Crippen MR) is 71.3 cm³/mol. The van der Waals surface area contributed by atoms with Crippen LogP contribution in [0.5, 0.6) is 0 Å². The zero-order valence-corrected chi connectivity index (χ0v) is 11.2. The van der Waals surface area contributed by atoms with Crippen LogP contribution < -0.4 is 5.73 Å². The molecule has 1 amide bonds. The number of rotatable bonds is 2. The van der Waals surface area contributed by atoms with Crippen LogP contribution in [0.25, 0.3) is 0 Å². The third kappa shape index (κ3) is 1.91. The molecule has 3 atom stereocenters. The standard InChI is InChI=1S/C13H17N3OS/c1-16-6-4-9(12(14)17)11(16)10-7-8-3-2-5-15-13(8)18-10/h2-3,5,9-11H,4,6-7H2,1H3,(H2,14,17). The molecule has 0 saturated carbocycles. The number of nitrogens with two attached hydrogens (primary N) is 1. The van der Waals surface area contributed by atoms with E-state index in [1.807, 2.05) is 12.3 Å². The molecule has 0 aromatic carbocycles. The first-order valence-electron chi connectivity index (χ1n) is 6.27. The Morgan fingerprint density at radius 1 is 1.61 bits per heavy atom. The summed E-state index contributed by atoms with van der Waals surface area (Å²) >= 11 is 1.80. The van der Waals surface area contributed by atoms with E-state index in [0.717, 1.165) is 24.4 Å². The van der Waals surface area contributed by atoms with Crippen molar-refractivity contribution in [1.29, 1.82) is 0 Å². The second-order valence-corrected chi connectivity index (χ2v) is 6.32. The molecule has 2 N–H and O–H groups in total. The maximum atomic E-state index is 11.6. The number of nitrogens with zero attached hydrogens (tertiary/aromatic N) is 2. The molecule has 2 aliphatic rings. The van der Waals surface area contributed by atoms with Gasteiger partial charge in [-0.2, -0.15) is 0 Å². The Kier molecular flexibility index (Phi) is 3.03. The van der Waals surface area contributed by atoms with E-state index in [2.05, 4.69) is 23.0 Å². The van der Waals surface area contributed by atoms with Crippen molar-refractivity contribution in [2.45, 2.75) is 29.2 Å². The minimum absolute atomic E-state index is 0.0122. The van der Waals surface area contributed by atoms with Crippen LogP contribution in [0.15, 0.2) is 23.4 Å². The van der Waals surface area contributed by atoms with E-state index in [9.17, 15) is 4.79 Å². The lowest BCUT2D eigenvalue weighted by molar-refractivity contribution is -0.122. The molecule has 0 aliphatic carbocycles. The average Bonchev–Trinajstić information content (AvgIpc) is 2.91. The average molecular weight is 263 g/mol. The van der Waals surface area contributed by atoms with E-state index < -0.39 is 0 Å². The van der Waals surface area contributed by atoms with Gasteiger partial charge in [0.1, 0.15) is 0 Å². The maximum Gasteiger partial charge on any atom is 0.222 e. The number of aromatic nitrogens is 1. The summed E-state index contributed by atoms with van der Waals surface area (Å²) in [7, 11) is 2.09. The molecule has 3 unspecified atom stereocenters. The van der Waals surface area contributed by atoms with Gasteiger partial charge < -0.3 is 10.6 Å². The minimum atomic E-state index is -0.158. The van der Waals surface area contributed by atoms with Crippen LogP contribution >= 0.6 is 11.8 Å². The van der Waals surface area contributed by atoms with E-state index in [1.165, 1.54) is 5.56 Å². The Balaban J connectivity index is 1.82. The third-order valence-electron chi connectivity index (χ3n) is 3.99. The summed E-state index contributed by atoms with van der Waals surface area (Å²) < 4.78 is 0. The molecule has 4 nitrogen and oxygen atoms in total. The van der Waals surface area contributed by atoms with Gasteiger partial charge in [-0.25, -0.2) is 4.98 Å². The first kappa shape index (κ1) is 12.0. The highest BCUT2D eigenvalue weighted by atomic mass is 32.2. The Bertz CT molecular complexity index is 454. The second-order valence-electron chi connectivity index (χ2n) is 5.10. The van der Waals surface area contributed by atoms with Crippen molar-refractivity contribution in [1.82, 2.24) is 9.88 Å². The molecule has 3 rings (SSSR count). The maximum absolute atomic E-state index is 11.6. The van der Waals surface area contributed by atoms with Gasteiger partial charge in [-0.05, 0) is 38.1 Å². The molecule has 0 bridgehead atoms. The van der Waals surface area contributed by atoms with E-state index in [1.54, 1.807) is 11.8 Å². The molecule has 18 heavy (non-hydrogen) atoms. The lowest BCUT2D eigenvalue weighted by Gasteiger charge is -2.28. The van der Waals surface area contributed by atoms with Gasteiger partial charge in [0, 0.05) is 17.5 Å². The summed E-state index contributed by atoms with van der Waals surface area (Å²) in [5.74, 6) is -0.171. The lowest BCUT2D eigenvalue weighted by atomic mass is 9.94. The molecule has 0 spiro atoms. The Morgan fingerprint density at radius 3 is 3.17 bits per heavy atom. The number of fused-ring (bicyclic) bond motifs is 1. The normalized spacial score (nSPS) is 31.5. The Hall–Kier alpha value is -1.07. The molecular weight excluding hydrogens is 246 g/mol. The second kappa shape index (κ2) is 4.55. The van der Waals surface area contributed by atoms with Crippen LogP contribution in [0.4, 0.5) is 0 Å². The molecule has 2 aliphatic heterocycles. The number of pyridine rings is 1. The van der Waals surface area contributed by atoms with Crippen molar-refractivity contribution in [3.05, 3.63) is 23.9 Å². The first-order valence-corrected chi connectivity index (χ1v) is 7.15. The fourth-order valence-corrected chi connectivity index (χ4v) is 4.61. The van der Waals surface area contributed by atoms with E-state index >= 15 is 0 Å². The Labute approximate surface area is 111 Å². The monoisotopic (exact) mass is 263 g/mol. The SMILES string of the molecule is CN1CCC(C(N)=O)C1C1Cc2cccnc2S1. The van der Waals surface area contributed by atoms with Crippen molar-refractivity contribution in [2.24, 2.45) is 11.7 Å². The molecule has 1 saturated heterocycles. The zero-order valence-electron chi connectivity index (χ0n) is 10.4. The van der Waals surface area contributed by atoms with Gasteiger partial charge in [0.25, 0.3) is 0 Å². The Morgan fingerprint density at radius 2 is 2.44 bits per heavy atom. The van der Waals surface area contributed by atoms with Crippen molar-refractivity contribution < 1.29 is 4.79 Å². The van der Waals surface area contributed by atoms with E-state index in [4.69, 9.17) is 5.73 Å². The van der Waals surface area contributed by atoms with Crippen LogP contribution in [0.1, 0.15) is 12.0 Å². The summed E-state index contributed by atoms with van der Waals surface area (Å²) in [5.41, 5.74) is 6.83. The van der Waals surface area contributed by atoms with Gasteiger partial charge in [-0.3, -0.25) is 4.79 Å². The highest BCUT2D eigenvalue weighted by Gasteiger charge is 2.43. The summed E-state index contributed by atoms with van der Waals surface area (Å²) in [6.45, 7) is 0.957.